The first-order valence-electron chi connectivity index (χ1n) is 4.12. The summed E-state index contributed by atoms with van der Waals surface area (Å²) in [5.41, 5.74) is 0.369. The van der Waals surface area contributed by atoms with Crippen LogP contribution in [0.15, 0.2) is 12.2 Å². The van der Waals surface area contributed by atoms with Gasteiger partial charge in [0.05, 0.1) is 12.6 Å². The molecule has 0 aromatic heterocycles. The molecule has 0 spiro atoms. The van der Waals surface area contributed by atoms with Gasteiger partial charge in [-0.05, 0) is 20.8 Å². The maximum atomic E-state index is 10.9. The van der Waals surface area contributed by atoms with E-state index < -0.39 is 6.09 Å². The predicted octanol–water partition coefficient (Wildman–Crippen LogP) is 1.27. The molecule has 74 valence electrons. The van der Waals surface area contributed by atoms with E-state index in [2.05, 4.69) is 16.6 Å². The molecule has 4 heteroatoms. The Morgan fingerprint density at radius 3 is 2.46 bits per heavy atom. The Balaban J connectivity index is 4.00. The second kappa shape index (κ2) is 5.35. The number of rotatable bonds is 4. The quantitative estimate of drug-likeness (QED) is 0.671. The molecule has 0 heterocycles. The lowest BCUT2D eigenvalue weighted by Crippen LogP contribution is -2.35. The summed E-state index contributed by atoms with van der Waals surface area (Å²) in [6.07, 6.45) is -0.530. The van der Waals surface area contributed by atoms with E-state index in [1.54, 1.807) is 13.8 Å². The van der Waals surface area contributed by atoms with E-state index in [0.29, 0.717) is 12.2 Å². The molecule has 0 aromatic carbocycles. The summed E-state index contributed by atoms with van der Waals surface area (Å²) in [5.74, 6) is -0.135. The molecule has 0 saturated carbocycles. The predicted molar refractivity (Wildman–Crippen MR) is 49.4 cm³/mol. The number of alkyl carbamates (subject to hydrolysis) is 1. The van der Waals surface area contributed by atoms with Gasteiger partial charge in [0.1, 0.15) is 0 Å². The zero-order valence-corrected chi connectivity index (χ0v) is 8.22. The molecular weight excluding hydrogens is 170 g/mol. The number of Topliss-reactive ketones (excluding diaryl/α,β-unsaturated/α-hetero) is 1. The summed E-state index contributed by atoms with van der Waals surface area (Å²) in [5, 5.41) is 2.48. The van der Waals surface area contributed by atoms with Crippen molar-refractivity contribution < 1.29 is 14.3 Å². The minimum atomic E-state index is -0.530. The number of hydrogen-bond donors (Lipinski definition) is 1. The van der Waals surface area contributed by atoms with Gasteiger partial charge in [-0.15, -0.1) is 0 Å². The van der Waals surface area contributed by atoms with Crippen LogP contribution in [0.4, 0.5) is 4.79 Å². The molecule has 1 amide bonds. The fourth-order valence-corrected chi connectivity index (χ4v) is 0.742. The van der Waals surface area contributed by atoms with Crippen LogP contribution in [0.3, 0.4) is 0 Å². The fourth-order valence-electron chi connectivity index (χ4n) is 0.742. The fraction of sp³-hybridized carbons (Fsp3) is 0.556. The Kier molecular flexibility index (Phi) is 4.80. The number of ether oxygens (including phenoxy) is 1. The van der Waals surface area contributed by atoms with E-state index in [-0.39, 0.29) is 11.8 Å². The first kappa shape index (κ1) is 11.7. The van der Waals surface area contributed by atoms with Crippen LogP contribution in [0.25, 0.3) is 0 Å². The topological polar surface area (TPSA) is 55.4 Å². The van der Waals surface area contributed by atoms with Gasteiger partial charge in [-0.25, -0.2) is 4.79 Å². The molecule has 0 aromatic rings. The van der Waals surface area contributed by atoms with Crippen LogP contribution in [-0.2, 0) is 9.53 Å². The van der Waals surface area contributed by atoms with Crippen molar-refractivity contribution in [2.45, 2.75) is 26.8 Å². The molecule has 1 N–H and O–H groups in total. The highest BCUT2D eigenvalue weighted by molar-refractivity contribution is 5.94. The van der Waals surface area contributed by atoms with Gasteiger partial charge in [-0.2, -0.15) is 0 Å². The molecule has 0 saturated heterocycles. The zero-order valence-electron chi connectivity index (χ0n) is 8.22. The number of carbonyl (C=O) groups is 2. The van der Waals surface area contributed by atoms with Crippen LogP contribution >= 0.6 is 0 Å². The van der Waals surface area contributed by atoms with Crippen LogP contribution < -0.4 is 5.32 Å². The lowest BCUT2D eigenvalue weighted by atomic mass is 10.1. The molecule has 0 bridgehead atoms. The number of ketones is 1. The van der Waals surface area contributed by atoms with Crippen molar-refractivity contribution in [2.24, 2.45) is 0 Å². The molecule has 4 nitrogen and oxygen atoms in total. The standard InChI is InChI=1S/C9H15NO3/c1-5-13-9(12)10-7(3)6(2)8(4)11/h7H,2,5H2,1,3-4H3,(H,10,12). The van der Waals surface area contributed by atoms with E-state index in [9.17, 15) is 9.59 Å². The molecule has 1 unspecified atom stereocenters. The third-order valence-electron chi connectivity index (χ3n) is 1.58. The largest absolute Gasteiger partial charge is 0.450 e. The maximum Gasteiger partial charge on any atom is 0.407 e. The molecule has 0 fully saturated rings. The Morgan fingerprint density at radius 2 is 2.08 bits per heavy atom. The zero-order chi connectivity index (χ0) is 10.4. The highest BCUT2D eigenvalue weighted by Crippen LogP contribution is 1.99. The van der Waals surface area contributed by atoms with Gasteiger partial charge in [0.2, 0.25) is 0 Å². The number of hydrogen-bond acceptors (Lipinski definition) is 3. The molecule has 0 aliphatic heterocycles. The molecule has 1 atom stereocenters. The van der Waals surface area contributed by atoms with Crippen molar-refractivity contribution in [1.82, 2.24) is 5.32 Å². The molecular formula is C9H15NO3. The third kappa shape index (κ3) is 4.30. The van der Waals surface area contributed by atoms with Crippen LogP contribution in [-0.4, -0.2) is 24.5 Å². The van der Waals surface area contributed by atoms with Crippen molar-refractivity contribution in [3.05, 3.63) is 12.2 Å². The van der Waals surface area contributed by atoms with Crippen molar-refractivity contribution in [2.75, 3.05) is 6.61 Å². The average molecular weight is 185 g/mol. The van der Waals surface area contributed by atoms with Crippen molar-refractivity contribution in [3.63, 3.8) is 0 Å². The molecule has 0 radical (unpaired) electrons. The van der Waals surface area contributed by atoms with Crippen LogP contribution in [0.1, 0.15) is 20.8 Å². The van der Waals surface area contributed by atoms with Gasteiger partial charge in [0.25, 0.3) is 0 Å². The first-order valence-corrected chi connectivity index (χ1v) is 4.12. The van der Waals surface area contributed by atoms with E-state index in [0.717, 1.165) is 0 Å². The van der Waals surface area contributed by atoms with Crippen molar-refractivity contribution in [1.29, 1.82) is 0 Å². The van der Waals surface area contributed by atoms with E-state index in [4.69, 9.17) is 0 Å². The summed E-state index contributed by atoms with van der Waals surface area (Å²) in [6, 6.07) is -0.378. The Hall–Kier alpha value is -1.32. The minimum absolute atomic E-state index is 0.135. The summed E-state index contributed by atoms with van der Waals surface area (Å²) >= 11 is 0. The monoisotopic (exact) mass is 185 g/mol. The third-order valence-corrected chi connectivity index (χ3v) is 1.58. The van der Waals surface area contributed by atoms with Crippen LogP contribution in [0, 0.1) is 0 Å². The van der Waals surface area contributed by atoms with Gasteiger partial charge in [-0.1, -0.05) is 6.58 Å². The molecule has 0 aliphatic carbocycles. The SMILES string of the molecule is C=C(C(C)=O)C(C)NC(=O)OCC. The van der Waals surface area contributed by atoms with Gasteiger partial charge in [0, 0.05) is 5.57 Å². The summed E-state index contributed by atoms with van der Waals surface area (Å²) in [7, 11) is 0. The summed E-state index contributed by atoms with van der Waals surface area (Å²) in [4.78, 5) is 21.7. The molecule has 13 heavy (non-hydrogen) atoms. The summed E-state index contributed by atoms with van der Waals surface area (Å²) < 4.78 is 4.64. The van der Waals surface area contributed by atoms with E-state index >= 15 is 0 Å². The lowest BCUT2D eigenvalue weighted by molar-refractivity contribution is -0.113. The number of amides is 1. The van der Waals surface area contributed by atoms with Gasteiger partial charge >= 0.3 is 6.09 Å². The van der Waals surface area contributed by atoms with Gasteiger partial charge in [0.15, 0.2) is 5.78 Å². The number of carbonyl (C=O) groups excluding carboxylic acids is 2. The first-order chi connectivity index (χ1) is 5.99. The number of nitrogens with one attached hydrogen (secondary N) is 1. The Bertz CT molecular complexity index is 223. The Labute approximate surface area is 78.0 Å². The second-order valence-electron chi connectivity index (χ2n) is 2.67. The second-order valence-corrected chi connectivity index (χ2v) is 2.67. The minimum Gasteiger partial charge on any atom is -0.450 e. The van der Waals surface area contributed by atoms with E-state index in [1.165, 1.54) is 6.92 Å². The van der Waals surface area contributed by atoms with Crippen molar-refractivity contribution in [3.8, 4) is 0 Å². The van der Waals surface area contributed by atoms with Crippen LogP contribution in [0.2, 0.25) is 0 Å². The molecule has 0 aliphatic rings. The maximum absolute atomic E-state index is 10.9. The highest BCUT2D eigenvalue weighted by Gasteiger charge is 2.13. The average Bonchev–Trinajstić information content (AvgIpc) is 2.03. The van der Waals surface area contributed by atoms with E-state index in [1.807, 2.05) is 0 Å². The smallest absolute Gasteiger partial charge is 0.407 e. The van der Waals surface area contributed by atoms with Crippen molar-refractivity contribution >= 4 is 11.9 Å². The summed E-state index contributed by atoms with van der Waals surface area (Å²) in [6.45, 7) is 8.66. The van der Waals surface area contributed by atoms with Gasteiger partial charge in [-0.3, -0.25) is 4.79 Å². The lowest BCUT2D eigenvalue weighted by Gasteiger charge is -2.13. The molecule has 0 rings (SSSR count). The Morgan fingerprint density at radius 1 is 1.54 bits per heavy atom. The van der Waals surface area contributed by atoms with Gasteiger partial charge < -0.3 is 10.1 Å². The highest BCUT2D eigenvalue weighted by atomic mass is 16.5. The van der Waals surface area contributed by atoms with Crippen LogP contribution in [0.5, 0.6) is 0 Å². The normalized spacial score (nSPS) is 11.6.